The molecule has 7 heteroatoms. The molecule has 168 valence electrons. The van der Waals surface area contributed by atoms with Crippen LogP contribution in [0.2, 0.25) is 5.02 Å². The molecule has 2 heterocycles. The summed E-state index contributed by atoms with van der Waals surface area (Å²) in [4.78, 5) is 20.4. The highest BCUT2D eigenvalue weighted by molar-refractivity contribution is 7.15. The molecule has 1 N–H and O–H groups in total. The van der Waals surface area contributed by atoms with Crippen molar-refractivity contribution in [2.24, 2.45) is 0 Å². The molecule has 1 fully saturated rings. The Balaban J connectivity index is 1.60. The van der Waals surface area contributed by atoms with Gasteiger partial charge in [0, 0.05) is 29.6 Å². The first-order valence-electron chi connectivity index (χ1n) is 10.9. The van der Waals surface area contributed by atoms with Crippen molar-refractivity contribution >= 4 is 29.0 Å². The van der Waals surface area contributed by atoms with Crippen molar-refractivity contribution in [2.45, 2.75) is 45.6 Å². The lowest BCUT2D eigenvalue weighted by Crippen LogP contribution is -2.47. The van der Waals surface area contributed by atoms with E-state index in [1.807, 2.05) is 24.3 Å². The van der Waals surface area contributed by atoms with Crippen LogP contribution < -0.4 is 0 Å². The third-order valence-electron chi connectivity index (χ3n) is 5.87. The number of aryl methyl sites for hydroxylation is 1. The number of amides is 2. The Labute approximate surface area is 198 Å². The maximum absolute atomic E-state index is 12.4. The summed E-state index contributed by atoms with van der Waals surface area (Å²) < 4.78 is 0. The summed E-state index contributed by atoms with van der Waals surface area (Å²) in [7, 11) is 0. The van der Waals surface area contributed by atoms with E-state index in [-0.39, 0.29) is 12.1 Å². The van der Waals surface area contributed by atoms with Crippen molar-refractivity contribution in [1.29, 1.82) is 0 Å². The summed E-state index contributed by atoms with van der Waals surface area (Å²) in [5, 5.41) is 12.6. The van der Waals surface area contributed by atoms with E-state index in [1.165, 1.54) is 5.56 Å². The first-order chi connectivity index (χ1) is 15.3. The van der Waals surface area contributed by atoms with Crippen molar-refractivity contribution in [2.75, 3.05) is 13.1 Å². The molecule has 1 aromatic heterocycles. The minimum absolute atomic E-state index is 0.238. The maximum atomic E-state index is 12.4. The van der Waals surface area contributed by atoms with Gasteiger partial charge in [-0.25, -0.2) is 14.8 Å². The average molecular weight is 470 g/mol. The van der Waals surface area contributed by atoms with Crippen LogP contribution in [0.1, 0.15) is 43.2 Å². The third kappa shape index (κ3) is 4.82. The molecular formula is C25H28ClN3O2S. The van der Waals surface area contributed by atoms with Crippen molar-refractivity contribution in [1.82, 2.24) is 14.9 Å². The molecule has 0 bridgehead atoms. The SMILES string of the molecule is Cc1ccc(-c2sc(C3CCN(C(=O)N(O)C(C)C)CC3)nc2-c2ccc(Cl)cc2)cc1. The number of halogens is 1. The molecule has 0 atom stereocenters. The van der Waals surface area contributed by atoms with E-state index in [9.17, 15) is 10.0 Å². The molecule has 5 nitrogen and oxygen atoms in total. The number of carbonyl (C=O) groups is 1. The number of hydrogen-bond acceptors (Lipinski definition) is 4. The van der Waals surface area contributed by atoms with Gasteiger partial charge in [0.05, 0.1) is 21.6 Å². The molecule has 0 saturated carbocycles. The molecule has 1 saturated heterocycles. The van der Waals surface area contributed by atoms with Gasteiger partial charge in [0.15, 0.2) is 0 Å². The number of thiazole rings is 1. The fourth-order valence-corrected chi connectivity index (χ4v) is 5.29. The molecule has 0 unspecified atom stereocenters. The standard InChI is InChI=1S/C25H28ClN3O2S/c1-16(2)29(31)25(30)28-14-12-20(13-15-28)24-27-22(18-8-10-21(26)11-9-18)23(32-24)19-6-4-17(3)5-7-19/h4-11,16,20,31H,12-15H2,1-3H3. The number of hydrogen-bond donors (Lipinski definition) is 1. The molecule has 2 aromatic carbocycles. The summed E-state index contributed by atoms with van der Waals surface area (Å²) in [6.45, 7) is 6.91. The van der Waals surface area contributed by atoms with Gasteiger partial charge in [0.25, 0.3) is 0 Å². The smallest absolute Gasteiger partial charge is 0.323 e. The van der Waals surface area contributed by atoms with Crippen molar-refractivity contribution < 1.29 is 10.0 Å². The average Bonchev–Trinajstić information content (AvgIpc) is 3.24. The Bertz CT molecular complexity index is 1010. The molecule has 0 spiro atoms. The van der Waals surface area contributed by atoms with Gasteiger partial charge in [0.2, 0.25) is 0 Å². The zero-order chi connectivity index (χ0) is 22.8. The molecular weight excluding hydrogens is 442 g/mol. The Morgan fingerprint density at radius 3 is 2.28 bits per heavy atom. The number of rotatable bonds is 4. The van der Waals surface area contributed by atoms with Crippen molar-refractivity contribution in [3.05, 3.63) is 64.1 Å². The van der Waals surface area contributed by atoms with Gasteiger partial charge in [-0.15, -0.1) is 11.3 Å². The van der Waals surface area contributed by atoms with Crippen LogP contribution in [0.15, 0.2) is 48.5 Å². The summed E-state index contributed by atoms with van der Waals surface area (Å²) in [5.74, 6) is 0.292. The molecule has 1 aliphatic heterocycles. The van der Waals surface area contributed by atoms with E-state index in [0.717, 1.165) is 44.6 Å². The van der Waals surface area contributed by atoms with E-state index in [4.69, 9.17) is 16.6 Å². The number of aromatic nitrogens is 1. The fourth-order valence-electron chi connectivity index (χ4n) is 3.90. The predicted molar refractivity (Wildman–Crippen MR) is 130 cm³/mol. The van der Waals surface area contributed by atoms with Gasteiger partial charge in [-0.3, -0.25) is 5.21 Å². The highest BCUT2D eigenvalue weighted by Gasteiger charge is 2.30. The lowest BCUT2D eigenvalue weighted by Gasteiger charge is -2.34. The van der Waals surface area contributed by atoms with Crippen LogP contribution in [-0.2, 0) is 0 Å². The van der Waals surface area contributed by atoms with Gasteiger partial charge in [-0.05, 0) is 51.3 Å². The van der Waals surface area contributed by atoms with E-state index >= 15 is 0 Å². The number of carbonyl (C=O) groups excluding carboxylic acids is 1. The molecule has 3 aromatic rings. The number of piperidine rings is 1. The van der Waals surface area contributed by atoms with Gasteiger partial charge < -0.3 is 4.90 Å². The normalized spacial score (nSPS) is 14.8. The number of benzene rings is 2. The van der Waals surface area contributed by atoms with Gasteiger partial charge in [0.1, 0.15) is 0 Å². The Kier molecular flexibility index (Phi) is 6.84. The van der Waals surface area contributed by atoms with E-state index in [1.54, 1.807) is 30.1 Å². The minimum atomic E-state index is -0.320. The predicted octanol–water partition coefficient (Wildman–Crippen LogP) is 6.84. The second-order valence-corrected chi connectivity index (χ2v) is 10.1. The second kappa shape index (κ2) is 9.61. The van der Waals surface area contributed by atoms with Gasteiger partial charge >= 0.3 is 6.03 Å². The summed E-state index contributed by atoms with van der Waals surface area (Å²) >= 11 is 7.85. The monoisotopic (exact) mass is 469 g/mol. The highest BCUT2D eigenvalue weighted by Crippen LogP contribution is 2.42. The van der Waals surface area contributed by atoms with Crippen LogP contribution in [0, 0.1) is 6.92 Å². The van der Waals surface area contributed by atoms with Crippen LogP contribution >= 0.6 is 22.9 Å². The number of hydroxylamine groups is 2. The Morgan fingerprint density at radius 1 is 1.09 bits per heavy atom. The fraction of sp³-hybridized carbons (Fsp3) is 0.360. The van der Waals surface area contributed by atoms with E-state index in [2.05, 4.69) is 31.2 Å². The maximum Gasteiger partial charge on any atom is 0.343 e. The van der Waals surface area contributed by atoms with Crippen LogP contribution in [0.5, 0.6) is 0 Å². The molecule has 0 aliphatic carbocycles. The largest absolute Gasteiger partial charge is 0.343 e. The molecule has 32 heavy (non-hydrogen) atoms. The summed E-state index contributed by atoms with van der Waals surface area (Å²) in [6.07, 6.45) is 1.66. The first-order valence-corrected chi connectivity index (χ1v) is 12.1. The quantitative estimate of drug-likeness (QED) is 0.336. The van der Waals surface area contributed by atoms with Crippen molar-refractivity contribution in [3.63, 3.8) is 0 Å². The zero-order valence-corrected chi connectivity index (χ0v) is 20.2. The van der Waals surface area contributed by atoms with E-state index < -0.39 is 0 Å². The number of likely N-dealkylation sites (tertiary alicyclic amines) is 1. The second-order valence-electron chi connectivity index (χ2n) is 8.58. The lowest BCUT2D eigenvalue weighted by atomic mass is 9.97. The zero-order valence-electron chi connectivity index (χ0n) is 18.6. The molecule has 4 rings (SSSR count). The molecule has 1 aliphatic rings. The van der Waals surface area contributed by atoms with Gasteiger partial charge in [-0.2, -0.15) is 0 Å². The molecule has 2 amide bonds. The summed E-state index contributed by atoms with van der Waals surface area (Å²) in [5.41, 5.74) is 4.41. The van der Waals surface area contributed by atoms with Crippen LogP contribution in [0.25, 0.3) is 21.7 Å². The van der Waals surface area contributed by atoms with Crippen LogP contribution in [0.4, 0.5) is 4.79 Å². The number of nitrogens with zero attached hydrogens (tertiary/aromatic N) is 3. The topological polar surface area (TPSA) is 56.7 Å². The lowest BCUT2D eigenvalue weighted by molar-refractivity contribution is -0.0814. The minimum Gasteiger partial charge on any atom is -0.323 e. The van der Waals surface area contributed by atoms with Crippen LogP contribution in [-0.4, -0.2) is 45.3 Å². The first kappa shape index (κ1) is 22.8. The Morgan fingerprint density at radius 2 is 1.69 bits per heavy atom. The van der Waals surface area contributed by atoms with Crippen LogP contribution in [0.3, 0.4) is 0 Å². The van der Waals surface area contributed by atoms with E-state index in [0.29, 0.717) is 24.0 Å². The third-order valence-corrected chi connectivity index (χ3v) is 7.39. The molecule has 0 radical (unpaired) electrons. The highest BCUT2D eigenvalue weighted by atomic mass is 35.5. The Hall–Kier alpha value is -2.41. The van der Waals surface area contributed by atoms with Gasteiger partial charge in [-0.1, -0.05) is 53.6 Å². The van der Waals surface area contributed by atoms with Crippen molar-refractivity contribution in [3.8, 4) is 21.7 Å². The number of urea groups is 1. The summed E-state index contributed by atoms with van der Waals surface area (Å²) in [6, 6.07) is 15.8.